The van der Waals surface area contributed by atoms with E-state index in [1.807, 2.05) is 17.2 Å². The van der Waals surface area contributed by atoms with Crippen molar-refractivity contribution in [3.05, 3.63) is 34.0 Å². The van der Waals surface area contributed by atoms with Crippen LogP contribution in [0.3, 0.4) is 0 Å². The first-order valence-electron chi connectivity index (χ1n) is 8.47. The van der Waals surface area contributed by atoms with Gasteiger partial charge in [0.1, 0.15) is 11.3 Å². The van der Waals surface area contributed by atoms with Crippen LogP contribution in [0.4, 0.5) is 0 Å². The van der Waals surface area contributed by atoms with Gasteiger partial charge in [0, 0.05) is 31.1 Å². The minimum Gasteiger partial charge on any atom is -0.375 e. The standard InChI is InChI=1S/C17H22N4O3S/c1-12-19-14(9-25-12)8-23-7-13-4-6-24-17(13)10-21(11-17)16(22)15-3-5-18-20(15)2/h3,5,9,13H,4,6-8,10-11H2,1-2H3/t13-/m1/s1. The van der Waals surface area contributed by atoms with Crippen molar-refractivity contribution in [3.63, 3.8) is 0 Å². The van der Waals surface area contributed by atoms with Crippen molar-refractivity contribution < 1.29 is 14.3 Å². The predicted molar refractivity (Wildman–Crippen MR) is 92.4 cm³/mol. The van der Waals surface area contributed by atoms with Gasteiger partial charge in [-0.1, -0.05) is 0 Å². The van der Waals surface area contributed by atoms with Gasteiger partial charge in [-0.3, -0.25) is 9.48 Å². The highest BCUT2D eigenvalue weighted by Crippen LogP contribution is 2.40. The van der Waals surface area contributed by atoms with Gasteiger partial charge < -0.3 is 14.4 Å². The lowest BCUT2D eigenvalue weighted by Gasteiger charge is -2.50. The highest BCUT2D eigenvalue weighted by molar-refractivity contribution is 7.09. The number of thiazole rings is 1. The van der Waals surface area contributed by atoms with Gasteiger partial charge in [-0.25, -0.2) is 4.98 Å². The molecule has 1 atom stereocenters. The van der Waals surface area contributed by atoms with Gasteiger partial charge in [0.2, 0.25) is 0 Å². The first-order chi connectivity index (χ1) is 12.1. The Kier molecular flexibility index (Phi) is 4.35. The predicted octanol–water partition coefficient (Wildman–Crippen LogP) is 1.63. The molecule has 2 aromatic heterocycles. The van der Waals surface area contributed by atoms with Crippen LogP contribution in [0.1, 0.15) is 27.6 Å². The summed E-state index contributed by atoms with van der Waals surface area (Å²) in [7, 11) is 1.78. The van der Waals surface area contributed by atoms with Gasteiger partial charge >= 0.3 is 0 Å². The fourth-order valence-corrected chi connectivity index (χ4v) is 4.24. The van der Waals surface area contributed by atoms with Crippen LogP contribution in [0.15, 0.2) is 17.6 Å². The normalized spacial score (nSPS) is 21.7. The van der Waals surface area contributed by atoms with Crippen molar-refractivity contribution in [1.29, 1.82) is 0 Å². The second kappa shape index (κ2) is 6.51. The Morgan fingerprint density at radius 1 is 1.52 bits per heavy atom. The molecule has 0 bridgehead atoms. The maximum atomic E-state index is 12.5. The lowest BCUT2D eigenvalue weighted by Crippen LogP contribution is -2.66. The molecule has 2 aliphatic rings. The molecule has 0 N–H and O–H groups in total. The first-order valence-corrected chi connectivity index (χ1v) is 9.35. The summed E-state index contributed by atoms with van der Waals surface area (Å²) in [5.41, 5.74) is 1.35. The topological polar surface area (TPSA) is 69.5 Å². The van der Waals surface area contributed by atoms with E-state index in [1.54, 1.807) is 35.3 Å². The lowest BCUT2D eigenvalue weighted by atomic mass is 9.81. The van der Waals surface area contributed by atoms with E-state index >= 15 is 0 Å². The molecule has 2 aromatic rings. The molecule has 2 aliphatic heterocycles. The van der Waals surface area contributed by atoms with E-state index in [-0.39, 0.29) is 11.5 Å². The fraction of sp³-hybridized carbons (Fsp3) is 0.588. The molecule has 2 saturated heterocycles. The molecule has 0 radical (unpaired) electrons. The molecule has 2 fully saturated rings. The highest BCUT2D eigenvalue weighted by Gasteiger charge is 2.54. The van der Waals surface area contributed by atoms with Gasteiger partial charge in [-0.2, -0.15) is 5.10 Å². The summed E-state index contributed by atoms with van der Waals surface area (Å²) < 4.78 is 13.5. The number of carbonyl (C=O) groups excluding carboxylic acids is 1. The van der Waals surface area contributed by atoms with E-state index in [1.165, 1.54) is 0 Å². The zero-order chi connectivity index (χ0) is 17.4. The molecule has 0 aromatic carbocycles. The third-order valence-electron chi connectivity index (χ3n) is 5.08. The zero-order valence-electron chi connectivity index (χ0n) is 14.5. The summed E-state index contributed by atoms with van der Waals surface area (Å²) in [5.74, 6) is 0.335. The Balaban J connectivity index is 1.31. The molecule has 0 aliphatic carbocycles. The molecular formula is C17H22N4O3S. The minimum atomic E-state index is -0.244. The number of carbonyl (C=O) groups is 1. The van der Waals surface area contributed by atoms with E-state index in [2.05, 4.69) is 10.1 Å². The van der Waals surface area contributed by atoms with E-state index in [0.717, 1.165) is 23.7 Å². The summed E-state index contributed by atoms with van der Waals surface area (Å²) in [4.78, 5) is 18.8. The third kappa shape index (κ3) is 3.09. The van der Waals surface area contributed by atoms with Gasteiger partial charge in [-0.05, 0) is 19.4 Å². The molecular weight excluding hydrogens is 340 g/mol. The Morgan fingerprint density at radius 2 is 2.36 bits per heavy atom. The monoisotopic (exact) mass is 362 g/mol. The highest BCUT2D eigenvalue weighted by atomic mass is 32.1. The number of amides is 1. The summed E-state index contributed by atoms with van der Waals surface area (Å²) >= 11 is 1.64. The Bertz CT molecular complexity index is 766. The Hall–Kier alpha value is -1.77. The number of aromatic nitrogens is 3. The van der Waals surface area contributed by atoms with Gasteiger partial charge in [0.25, 0.3) is 5.91 Å². The molecule has 1 spiro atoms. The smallest absolute Gasteiger partial charge is 0.272 e. The molecule has 134 valence electrons. The van der Waals surface area contributed by atoms with Crippen molar-refractivity contribution in [3.8, 4) is 0 Å². The molecule has 7 nitrogen and oxygen atoms in total. The second-order valence-electron chi connectivity index (χ2n) is 6.77. The lowest BCUT2D eigenvalue weighted by molar-refractivity contribution is -0.129. The van der Waals surface area contributed by atoms with E-state index in [4.69, 9.17) is 9.47 Å². The van der Waals surface area contributed by atoms with Crippen LogP contribution >= 0.6 is 11.3 Å². The minimum absolute atomic E-state index is 0.0127. The van der Waals surface area contributed by atoms with Crippen LogP contribution in [-0.2, 0) is 23.1 Å². The Morgan fingerprint density at radius 3 is 3.04 bits per heavy atom. The summed E-state index contributed by atoms with van der Waals surface area (Å²) in [6.07, 6.45) is 2.62. The summed E-state index contributed by atoms with van der Waals surface area (Å²) in [6, 6.07) is 1.75. The van der Waals surface area contributed by atoms with E-state index in [9.17, 15) is 4.79 Å². The van der Waals surface area contributed by atoms with Gasteiger partial charge in [0.15, 0.2) is 0 Å². The average Bonchev–Trinajstić information content (AvgIpc) is 3.25. The van der Waals surface area contributed by atoms with Crippen LogP contribution in [-0.4, -0.2) is 57.5 Å². The van der Waals surface area contributed by atoms with Crippen LogP contribution in [0.25, 0.3) is 0 Å². The largest absolute Gasteiger partial charge is 0.375 e. The number of nitrogens with zero attached hydrogens (tertiary/aromatic N) is 4. The number of aryl methyl sites for hydroxylation is 2. The van der Waals surface area contributed by atoms with Crippen LogP contribution < -0.4 is 0 Å². The van der Waals surface area contributed by atoms with Gasteiger partial charge in [-0.15, -0.1) is 11.3 Å². The van der Waals surface area contributed by atoms with Crippen molar-refractivity contribution >= 4 is 17.2 Å². The molecule has 8 heteroatoms. The maximum absolute atomic E-state index is 12.5. The molecule has 4 rings (SSSR count). The zero-order valence-corrected chi connectivity index (χ0v) is 15.3. The van der Waals surface area contributed by atoms with Crippen molar-refractivity contribution in [1.82, 2.24) is 19.7 Å². The molecule has 0 unspecified atom stereocenters. The van der Waals surface area contributed by atoms with Crippen molar-refractivity contribution in [2.24, 2.45) is 13.0 Å². The third-order valence-corrected chi connectivity index (χ3v) is 5.90. The van der Waals surface area contributed by atoms with E-state index < -0.39 is 0 Å². The molecule has 1 amide bonds. The van der Waals surface area contributed by atoms with Crippen molar-refractivity contribution in [2.45, 2.75) is 25.6 Å². The first kappa shape index (κ1) is 16.7. The second-order valence-corrected chi connectivity index (χ2v) is 7.84. The van der Waals surface area contributed by atoms with Gasteiger partial charge in [0.05, 0.1) is 37.0 Å². The van der Waals surface area contributed by atoms with Crippen LogP contribution in [0, 0.1) is 12.8 Å². The maximum Gasteiger partial charge on any atom is 0.272 e. The van der Waals surface area contributed by atoms with Crippen LogP contribution in [0.2, 0.25) is 0 Å². The summed E-state index contributed by atoms with van der Waals surface area (Å²) in [6.45, 7) is 5.16. The molecule has 25 heavy (non-hydrogen) atoms. The fourth-order valence-electron chi connectivity index (χ4n) is 3.64. The quantitative estimate of drug-likeness (QED) is 0.809. The number of ether oxygens (including phenoxy) is 2. The van der Waals surface area contributed by atoms with E-state index in [0.29, 0.717) is 37.9 Å². The summed E-state index contributed by atoms with van der Waals surface area (Å²) in [5, 5.41) is 7.16. The number of rotatable bonds is 5. The van der Waals surface area contributed by atoms with Crippen molar-refractivity contribution in [2.75, 3.05) is 26.3 Å². The molecule has 0 saturated carbocycles. The number of likely N-dealkylation sites (tertiary alicyclic amines) is 1. The van der Waals surface area contributed by atoms with Crippen LogP contribution in [0.5, 0.6) is 0 Å². The Labute approximate surface area is 150 Å². The SMILES string of the molecule is Cc1nc(COC[C@H]2CCOC23CN(C(=O)c2ccnn2C)C3)cs1. The number of hydrogen-bond acceptors (Lipinski definition) is 6. The average molecular weight is 362 g/mol. The molecule has 4 heterocycles. The number of hydrogen-bond donors (Lipinski definition) is 0.